The van der Waals surface area contributed by atoms with Crippen molar-refractivity contribution in [2.45, 2.75) is 45.1 Å². The van der Waals surface area contributed by atoms with Gasteiger partial charge in [-0.05, 0) is 81.3 Å². The molecule has 0 spiro atoms. The van der Waals surface area contributed by atoms with E-state index in [-0.39, 0.29) is 36.3 Å². The fourth-order valence-electron chi connectivity index (χ4n) is 7.77. The number of aliphatic imine (C=N–C) groups is 1. The number of aromatic nitrogens is 4. The molecule has 0 bridgehead atoms. The summed E-state index contributed by atoms with van der Waals surface area (Å²) in [5, 5.41) is 26.2. The fourth-order valence-corrected chi connectivity index (χ4v) is 10.2. The molecular weight excluding hydrogens is 986 g/mol. The Kier molecular flexibility index (Phi) is 19.4. The first-order chi connectivity index (χ1) is 34.9. The topological polar surface area (TPSA) is 242 Å². The lowest BCUT2D eigenvalue weighted by atomic mass is 9.99. The maximum atomic E-state index is 13.2. The summed E-state index contributed by atoms with van der Waals surface area (Å²) in [5.74, 6) is 0.813. The number of H-pyrrole nitrogens is 1. The number of sulfonamides is 1. The van der Waals surface area contributed by atoms with Crippen LogP contribution in [0.4, 0.5) is 5.69 Å². The van der Waals surface area contributed by atoms with Crippen LogP contribution < -0.4 is 15.4 Å². The minimum atomic E-state index is -3.97. The number of aryl methyl sites for hydroxylation is 3. The Morgan fingerprint density at radius 3 is 1.96 bits per heavy atom. The molecule has 7 rings (SSSR count). The van der Waals surface area contributed by atoms with Gasteiger partial charge in [0, 0.05) is 51.3 Å². The Balaban J connectivity index is 0.663. The van der Waals surface area contributed by atoms with Gasteiger partial charge in [0.2, 0.25) is 5.91 Å². The smallest absolute Gasteiger partial charge is 0.261 e. The minimum Gasteiger partial charge on any atom is -0.377 e. The number of ether oxygens (including phenoxy) is 6. The van der Waals surface area contributed by atoms with Gasteiger partial charge in [0.1, 0.15) is 22.9 Å². The summed E-state index contributed by atoms with van der Waals surface area (Å²) >= 11 is 7.88. The number of nitriles is 1. The van der Waals surface area contributed by atoms with Gasteiger partial charge in [-0.25, -0.2) is 8.42 Å². The summed E-state index contributed by atoms with van der Waals surface area (Å²) in [5.41, 5.74) is 6.23. The third kappa shape index (κ3) is 13.9. The van der Waals surface area contributed by atoms with Crippen LogP contribution >= 0.6 is 22.9 Å². The van der Waals surface area contributed by atoms with Gasteiger partial charge in [0.05, 0.1) is 113 Å². The fraction of sp³-hybridized carbons (Fsp3) is 0.400. The molecule has 0 fully saturated rings. The average molecular weight is 1040 g/mol. The Hall–Kier alpha value is -6.06. The number of aromatic amines is 1. The molecule has 1 atom stereocenters. The van der Waals surface area contributed by atoms with E-state index in [9.17, 15) is 23.3 Å². The summed E-state index contributed by atoms with van der Waals surface area (Å²) in [6.07, 6.45) is 1.63. The molecule has 0 aliphatic carbocycles. The van der Waals surface area contributed by atoms with Crippen molar-refractivity contribution in [1.29, 1.82) is 5.26 Å². The number of amides is 2. The van der Waals surface area contributed by atoms with E-state index in [2.05, 4.69) is 50.5 Å². The normalized spacial score (nSPS) is 13.3. The van der Waals surface area contributed by atoms with Crippen molar-refractivity contribution in [2.75, 3.05) is 97.1 Å². The molecule has 3 aromatic heterocycles. The number of carbonyl (C=O) groups is 2. The third-order valence-electron chi connectivity index (χ3n) is 11.5. The number of thiophene rings is 1. The van der Waals surface area contributed by atoms with Crippen molar-refractivity contribution in [3.05, 3.63) is 122 Å². The van der Waals surface area contributed by atoms with E-state index in [0.717, 1.165) is 38.8 Å². The van der Waals surface area contributed by atoms with Crippen LogP contribution in [0.5, 0.6) is 0 Å². The second-order valence-corrected chi connectivity index (χ2v) is 19.8. The standard InChI is InChI=1S/C50H58ClN9O10S2/c1-32-5-14-41(47-44(32)38(30-52)31-55-47)59-72(63,64)40-12-8-37(9-13-40)49(62)54-16-18-66-20-22-68-24-26-70-28-27-69-25-23-67-21-19-65-17-15-53-43(61)29-42-48-58-57-35(4)60(48)50-45(33(2)34(3)71-50)46(56-42)36-6-10-39(51)11-7-36/h5-14,31,42,55,59H,15-29H2,1-4H3,(H,53,61)(H,54,62)/t42-/m0/s1. The van der Waals surface area contributed by atoms with Crippen LogP contribution in [0.25, 0.3) is 15.9 Å². The molecule has 0 saturated carbocycles. The van der Waals surface area contributed by atoms with Crippen LogP contribution in [0.2, 0.25) is 5.02 Å². The van der Waals surface area contributed by atoms with Gasteiger partial charge in [-0.3, -0.25) is 23.9 Å². The lowest BCUT2D eigenvalue weighted by molar-refractivity contribution is -0.121. The summed E-state index contributed by atoms with van der Waals surface area (Å²) in [7, 11) is -3.97. The summed E-state index contributed by atoms with van der Waals surface area (Å²) in [6, 6.07) is 18.1. The molecule has 1 aliphatic rings. The molecule has 0 radical (unpaired) electrons. The van der Waals surface area contributed by atoms with Crippen LogP contribution in [-0.4, -0.2) is 138 Å². The summed E-state index contributed by atoms with van der Waals surface area (Å²) in [6.45, 7) is 13.0. The van der Waals surface area contributed by atoms with Gasteiger partial charge in [-0.15, -0.1) is 21.5 Å². The van der Waals surface area contributed by atoms with Crippen molar-refractivity contribution in [3.8, 4) is 11.1 Å². The lowest BCUT2D eigenvalue weighted by Crippen LogP contribution is -2.29. The Labute approximate surface area is 427 Å². The number of anilines is 1. The molecule has 22 heteroatoms. The molecule has 2 amide bonds. The molecule has 72 heavy (non-hydrogen) atoms. The predicted molar refractivity (Wildman–Crippen MR) is 273 cm³/mol. The average Bonchev–Trinajstić information content (AvgIpc) is 4.05. The number of fused-ring (bicyclic) bond motifs is 4. The lowest BCUT2D eigenvalue weighted by Gasteiger charge is -2.13. The highest BCUT2D eigenvalue weighted by Gasteiger charge is 2.32. The highest BCUT2D eigenvalue weighted by molar-refractivity contribution is 7.92. The zero-order valence-corrected chi connectivity index (χ0v) is 42.9. The summed E-state index contributed by atoms with van der Waals surface area (Å²) < 4.78 is 64.2. The van der Waals surface area contributed by atoms with Crippen molar-refractivity contribution in [3.63, 3.8) is 0 Å². The number of nitrogens with one attached hydrogen (secondary N) is 4. The van der Waals surface area contributed by atoms with Crippen molar-refractivity contribution >= 4 is 67.1 Å². The largest absolute Gasteiger partial charge is 0.377 e. The van der Waals surface area contributed by atoms with Crippen molar-refractivity contribution in [1.82, 2.24) is 30.4 Å². The number of nitrogens with zero attached hydrogens (tertiary/aromatic N) is 5. The maximum Gasteiger partial charge on any atom is 0.261 e. The molecule has 19 nitrogen and oxygen atoms in total. The van der Waals surface area contributed by atoms with E-state index in [1.807, 2.05) is 42.7 Å². The second-order valence-electron chi connectivity index (χ2n) is 16.5. The molecule has 0 unspecified atom stereocenters. The minimum absolute atomic E-state index is 0.0173. The molecule has 4 heterocycles. The molecule has 4 N–H and O–H groups in total. The van der Waals surface area contributed by atoms with Gasteiger partial charge in [0.25, 0.3) is 15.9 Å². The maximum absolute atomic E-state index is 13.2. The van der Waals surface area contributed by atoms with Gasteiger partial charge in [-0.2, -0.15) is 5.26 Å². The zero-order chi connectivity index (χ0) is 51.0. The highest BCUT2D eigenvalue weighted by Crippen LogP contribution is 2.39. The number of hydrogen-bond donors (Lipinski definition) is 4. The Bertz CT molecular complexity index is 2990. The first kappa shape index (κ1) is 53.7. The quantitative estimate of drug-likeness (QED) is 0.0395. The van der Waals surface area contributed by atoms with Crippen LogP contribution in [0.1, 0.15) is 67.2 Å². The number of carbonyl (C=O) groups excluding carboxylic acids is 2. The van der Waals surface area contributed by atoms with Crippen LogP contribution in [-0.2, 0) is 43.2 Å². The predicted octanol–water partition coefficient (Wildman–Crippen LogP) is 6.30. The van der Waals surface area contributed by atoms with Gasteiger partial charge >= 0.3 is 0 Å². The zero-order valence-electron chi connectivity index (χ0n) is 40.5. The molecule has 1 aliphatic heterocycles. The number of rotatable bonds is 28. The molecule has 6 aromatic rings. The van der Waals surface area contributed by atoms with E-state index < -0.39 is 16.1 Å². The van der Waals surface area contributed by atoms with Crippen LogP contribution in [0, 0.1) is 39.0 Å². The van der Waals surface area contributed by atoms with Crippen LogP contribution in [0.3, 0.4) is 0 Å². The van der Waals surface area contributed by atoms with E-state index in [1.54, 1.807) is 29.7 Å². The number of hydrogen-bond acceptors (Lipinski definition) is 15. The number of halogens is 1. The molecule has 382 valence electrons. The van der Waals surface area contributed by atoms with Crippen LogP contribution in [0.15, 0.2) is 76.7 Å². The van der Waals surface area contributed by atoms with E-state index in [1.165, 1.54) is 29.1 Å². The van der Waals surface area contributed by atoms with Gasteiger partial charge in [0.15, 0.2) is 5.82 Å². The first-order valence-electron chi connectivity index (χ1n) is 23.4. The SMILES string of the molecule is Cc1sc2c(c1C)C(c1ccc(Cl)cc1)=N[C@@H](CC(=O)NCCOCCOCCOCCOCCOCCOCCNC(=O)c1ccc(S(=O)(=O)Nc3ccc(C)c4c(C#N)c[nH]c34)cc1)c1nnc(C)n1-2. The monoisotopic (exact) mass is 1040 g/mol. The Morgan fingerprint density at radius 2 is 1.36 bits per heavy atom. The van der Waals surface area contributed by atoms with Gasteiger partial charge in [-0.1, -0.05) is 29.8 Å². The van der Waals surface area contributed by atoms with E-state index in [4.69, 9.17) is 45.0 Å². The van der Waals surface area contributed by atoms with Gasteiger partial charge < -0.3 is 44.0 Å². The molecule has 0 saturated heterocycles. The van der Waals surface area contributed by atoms with E-state index >= 15 is 0 Å². The second kappa shape index (κ2) is 26.1. The number of benzene rings is 3. The summed E-state index contributed by atoms with van der Waals surface area (Å²) in [4.78, 5) is 35.1. The molecular formula is C50H58ClN9O10S2. The van der Waals surface area contributed by atoms with Crippen molar-refractivity contribution < 1.29 is 46.4 Å². The molecule has 3 aromatic carbocycles. The van der Waals surface area contributed by atoms with E-state index in [0.29, 0.717) is 118 Å². The Morgan fingerprint density at radius 1 is 0.778 bits per heavy atom. The third-order valence-corrected chi connectivity index (χ3v) is 14.4. The first-order valence-corrected chi connectivity index (χ1v) is 26.1. The van der Waals surface area contributed by atoms with Crippen molar-refractivity contribution in [2.24, 2.45) is 4.99 Å². The highest BCUT2D eigenvalue weighted by atomic mass is 35.5.